The van der Waals surface area contributed by atoms with Crippen LogP contribution in [0.1, 0.15) is 17.5 Å². The highest BCUT2D eigenvalue weighted by atomic mass is 32.3. The van der Waals surface area contributed by atoms with Gasteiger partial charge in [0.2, 0.25) is 0 Å². The fourth-order valence-corrected chi connectivity index (χ4v) is 3.76. The molecule has 28 heavy (non-hydrogen) atoms. The number of hydrogen-bond donors (Lipinski definition) is 3. The van der Waals surface area contributed by atoms with Crippen molar-refractivity contribution < 1.29 is 26.0 Å². The minimum Gasteiger partial charge on any atom is -0.321 e. The van der Waals surface area contributed by atoms with Gasteiger partial charge in [0.25, 0.3) is 11.7 Å². The van der Waals surface area contributed by atoms with E-state index in [9.17, 15) is 17.6 Å². The van der Waals surface area contributed by atoms with Gasteiger partial charge >= 0.3 is 10.4 Å². The third-order valence-corrected chi connectivity index (χ3v) is 5.19. The van der Waals surface area contributed by atoms with Gasteiger partial charge in [0, 0.05) is 18.7 Å². The maximum atomic E-state index is 13.0. The van der Waals surface area contributed by atoms with Crippen molar-refractivity contribution in [2.75, 3.05) is 11.9 Å². The number of aryl methyl sites for hydroxylation is 1. The van der Waals surface area contributed by atoms with Crippen LogP contribution >= 0.6 is 0 Å². The summed E-state index contributed by atoms with van der Waals surface area (Å²) < 4.78 is 45.4. The number of hydrogen-bond acceptors (Lipinski definition) is 7. The Morgan fingerprint density at radius 2 is 1.57 bits per heavy atom. The SMILES string of the molecule is NNCCc1ccc(NC(=O)C2(CCc3ccc(F)cc3)OS(=O)(=O)O2)cc1. The number of carbonyl (C=O) groups excluding carboxylic acids is 1. The first kappa shape index (κ1) is 20.4. The van der Waals surface area contributed by atoms with Gasteiger partial charge in [-0.2, -0.15) is 8.42 Å². The number of benzene rings is 2. The zero-order chi connectivity index (χ0) is 20.2. The van der Waals surface area contributed by atoms with Crippen LogP contribution in [0.5, 0.6) is 0 Å². The van der Waals surface area contributed by atoms with Crippen LogP contribution in [-0.2, 0) is 36.4 Å². The molecule has 0 aliphatic carbocycles. The van der Waals surface area contributed by atoms with Gasteiger partial charge in [0.1, 0.15) is 5.82 Å². The molecule has 1 amide bonds. The van der Waals surface area contributed by atoms with Crippen LogP contribution in [0.15, 0.2) is 48.5 Å². The zero-order valence-corrected chi connectivity index (χ0v) is 15.7. The number of halogens is 1. The fourth-order valence-electron chi connectivity index (χ4n) is 2.77. The average Bonchev–Trinajstić information content (AvgIpc) is 2.65. The average molecular weight is 409 g/mol. The van der Waals surface area contributed by atoms with Gasteiger partial charge in [-0.05, 0) is 48.2 Å². The van der Waals surface area contributed by atoms with Crippen LogP contribution in [0.4, 0.5) is 10.1 Å². The van der Waals surface area contributed by atoms with Crippen LogP contribution < -0.4 is 16.6 Å². The van der Waals surface area contributed by atoms with Crippen molar-refractivity contribution in [1.29, 1.82) is 0 Å². The van der Waals surface area contributed by atoms with Gasteiger partial charge < -0.3 is 5.32 Å². The van der Waals surface area contributed by atoms with E-state index in [1.165, 1.54) is 12.1 Å². The largest absolute Gasteiger partial charge is 0.406 e. The zero-order valence-electron chi connectivity index (χ0n) is 14.9. The van der Waals surface area contributed by atoms with E-state index in [0.29, 0.717) is 17.8 Å². The lowest BCUT2D eigenvalue weighted by Gasteiger charge is -2.37. The Bertz CT molecular complexity index is 921. The molecule has 8 nitrogen and oxygen atoms in total. The monoisotopic (exact) mass is 409 g/mol. The Morgan fingerprint density at radius 1 is 1.00 bits per heavy atom. The number of rotatable bonds is 8. The second-order valence-corrected chi connectivity index (χ2v) is 7.46. The van der Waals surface area contributed by atoms with Gasteiger partial charge in [-0.3, -0.25) is 16.1 Å². The van der Waals surface area contributed by atoms with Crippen molar-refractivity contribution in [3.05, 3.63) is 65.5 Å². The first-order valence-corrected chi connectivity index (χ1v) is 9.90. The van der Waals surface area contributed by atoms with E-state index in [1.54, 1.807) is 24.3 Å². The third kappa shape index (κ3) is 4.91. The van der Waals surface area contributed by atoms with Crippen molar-refractivity contribution in [1.82, 2.24) is 5.43 Å². The van der Waals surface area contributed by atoms with Crippen LogP contribution in [0.3, 0.4) is 0 Å². The van der Waals surface area contributed by atoms with Crippen molar-refractivity contribution in [2.45, 2.75) is 25.0 Å². The fraction of sp³-hybridized carbons (Fsp3) is 0.278. The molecule has 4 N–H and O–H groups in total. The van der Waals surface area contributed by atoms with Crippen molar-refractivity contribution in [3.63, 3.8) is 0 Å². The lowest BCUT2D eigenvalue weighted by atomic mass is 10.0. The van der Waals surface area contributed by atoms with E-state index in [-0.39, 0.29) is 18.7 Å². The predicted octanol–water partition coefficient (Wildman–Crippen LogP) is 1.39. The van der Waals surface area contributed by atoms with E-state index in [2.05, 4.69) is 10.7 Å². The first-order valence-electron chi connectivity index (χ1n) is 8.56. The summed E-state index contributed by atoms with van der Waals surface area (Å²) in [5.74, 6) is 2.17. The summed E-state index contributed by atoms with van der Waals surface area (Å²) in [5, 5.41) is 2.60. The Kier molecular flexibility index (Phi) is 6.06. The molecule has 1 fully saturated rings. The molecule has 1 saturated heterocycles. The van der Waals surface area contributed by atoms with Gasteiger partial charge in [0.05, 0.1) is 0 Å². The lowest BCUT2D eigenvalue weighted by molar-refractivity contribution is -0.195. The Morgan fingerprint density at radius 3 is 2.14 bits per heavy atom. The van der Waals surface area contributed by atoms with E-state index in [0.717, 1.165) is 12.0 Å². The van der Waals surface area contributed by atoms with Crippen LogP contribution in [0.25, 0.3) is 0 Å². The highest BCUT2D eigenvalue weighted by molar-refractivity contribution is 7.83. The molecule has 0 saturated carbocycles. The van der Waals surface area contributed by atoms with E-state index < -0.39 is 22.1 Å². The molecule has 0 atom stereocenters. The predicted molar refractivity (Wildman–Crippen MR) is 99.5 cm³/mol. The number of amides is 1. The first-order chi connectivity index (χ1) is 13.3. The number of anilines is 1. The van der Waals surface area contributed by atoms with E-state index >= 15 is 0 Å². The minimum absolute atomic E-state index is 0.0516. The Balaban J connectivity index is 1.67. The molecule has 10 heteroatoms. The maximum absolute atomic E-state index is 13.0. The molecule has 0 unspecified atom stereocenters. The van der Waals surface area contributed by atoms with Crippen molar-refractivity contribution in [2.24, 2.45) is 5.84 Å². The number of nitrogens with two attached hydrogens (primary N) is 1. The van der Waals surface area contributed by atoms with Gasteiger partial charge in [-0.1, -0.05) is 24.3 Å². The van der Waals surface area contributed by atoms with Crippen molar-refractivity contribution in [3.8, 4) is 0 Å². The summed E-state index contributed by atoms with van der Waals surface area (Å²) >= 11 is 0. The topological polar surface area (TPSA) is 120 Å². The molecule has 0 radical (unpaired) electrons. The highest BCUT2D eigenvalue weighted by Crippen LogP contribution is 2.36. The van der Waals surface area contributed by atoms with Gasteiger partial charge in [0.15, 0.2) is 0 Å². The quantitative estimate of drug-likeness (QED) is 0.445. The Hall–Kier alpha value is -2.37. The second kappa shape index (κ2) is 8.33. The molecule has 0 bridgehead atoms. The van der Waals surface area contributed by atoms with Crippen LogP contribution in [-0.4, -0.2) is 26.7 Å². The molecular formula is C18H20FN3O5S. The summed E-state index contributed by atoms with van der Waals surface area (Å²) in [7, 11) is -4.19. The van der Waals surface area contributed by atoms with Gasteiger partial charge in [-0.15, -0.1) is 0 Å². The molecule has 0 aromatic heterocycles. The van der Waals surface area contributed by atoms with Crippen LogP contribution in [0.2, 0.25) is 0 Å². The standard InChI is InChI=1S/C18H20FN3O5S/c19-15-5-1-13(2-6-15)9-11-18(26-28(24,25)27-18)17(23)22-16-7-3-14(4-8-16)10-12-21-20/h1-8,21H,9-12,20H2,(H,22,23). The molecule has 1 aliphatic rings. The highest BCUT2D eigenvalue weighted by Gasteiger charge is 2.58. The molecule has 0 spiro atoms. The second-order valence-electron chi connectivity index (χ2n) is 6.31. The van der Waals surface area contributed by atoms with Gasteiger partial charge in [-0.25, -0.2) is 12.8 Å². The molecule has 1 aliphatic heterocycles. The minimum atomic E-state index is -4.19. The summed E-state index contributed by atoms with van der Waals surface area (Å²) in [4.78, 5) is 12.6. The summed E-state index contributed by atoms with van der Waals surface area (Å²) in [6.45, 7) is 0.609. The molecule has 3 rings (SSSR count). The number of nitrogens with one attached hydrogen (secondary N) is 2. The summed E-state index contributed by atoms with van der Waals surface area (Å²) in [6.07, 6.45) is 0.926. The molecule has 2 aromatic rings. The number of carbonyl (C=O) groups is 1. The smallest absolute Gasteiger partial charge is 0.321 e. The van der Waals surface area contributed by atoms with E-state index in [1.807, 2.05) is 12.1 Å². The maximum Gasteiger partial charge on any atom is 0.406 e. The third-order valence-electron chi connectivity index (χ3n) is 4.25. The molecule has 150 valence electrons. The summed E-state index contributed by atoms with van der Waals surface area (Å²) in [5.41, 5.74) is 4.75. The van der Waals surface area contributed by atoms with E-state index in [4.69, 9.17) is 14.2 Å². The number of hydrazine groups is 1. The van der Waals surface area contributed by atoms with Crippen molar-refractivity contribution >= 4 is 22.0 Å². The van der Waals surface area contributed by atoms with Crippen LogP contribution in [0, 0.1) is 5.82 Å². The molecule has 1 heterocycles. The Labute approximate surface area is 162 Å². The summed E-state index contributed by atoms with van der Waals surface area (Å²) in [6, 6.07) is 12.7. The molecule has 2 aromatic carbocycles. The molecular weight excluding hydrogens is 389 g/mol. The lowest BCUT2D eigenvalue weighted by Crippen LogP contribution is -2.58. The normalized spacial score (nSPS) is 16.9.